The Morgan fingerprint density at radius 2 is 1.64 bits per heavy atom. The first-order chi connectivity index (χ1) is 10.7. The fourth-order valence-electron chi connectivity index (χ4n) is 2.42. The normalized spacial score (nSPS) is 11.9. The zero-order chi connectivity index (χ0) is 15.8. The SMILES string of the molecule is CC(C)c1ccc(OCCCC(C#N)c2ccccc2)cc1. The van der Waals surface area contributed by atoms with Gasteiger partial charge in [0.2, 0.25) is 0 Å². The first-order valence-electron chi connectivity index (χ1n) is 7.88. The van der Waals surface area contributed by atoms with Crippen LogP contribution in [0.15, 0.2) is 54.6 Å². The summed E-state index contributed by atoms with van der Waals surface area (Å²) in [5.41, 5.74) is 2.41. The van der Waals surface area contributed by atoms with E-state index in [0.29, 0.717) is 12.5 Å². The third kappa shape index (κ3) is 4.63. The molecule has 0 aromatic heterocycles. The van der Waals surface area contributed by atoms with E-state index in [4.69, 9.17) is 4.74 Å². The minimum atomic E-state index is -0.0480. The van der Waals surface area contributed by atoms with Gasteiger partial charge in [-0.1, -0.05) is 56.3 Å². The lowest BCUT2D eigenvalue weighted by Crippen LogP contribution is -2.02. The van der Waals surface area contributed by atoms with Gasteiger partial charge in [0.25, 0.3) is 0 Å². The summed E-state index contributed by atoms with van der Waals surface area (Å²) in [5, 5.41) is 9.29. The molecule has 0 N–H and O–H groups in total. The molecule has 0 aliphatic rings. The summed E-state index contributed by atoms with van der Waals surface area (Å²) >= 11 is 0. The van der Waals surface area contributed by atoms with Crippen molar-refractivity contribution in [1.29, 1.82) is 5.26 Å². The van der Waals surface area contributed by atoms with Crippen LogP contribution in [-0.2, 0) is 0 Å². The molecule has 2 rings (SSSR count). The third-order valence-electron chi connectivity index (χ3n) is 3.81. The van der Waals surface area contributed by atoms with Crippen molar-refractivity contribution in [3.05, 3.63) is 65.7 Å². The summed E-state index contributed by atoms with van der Waals surface area (Å²) in [4.78, 5) is 0. The largest absolute Gasteiger partial charge is 0.494 e. The van der Waals surface area contributed by atoms with Crippen molar-refractivity contribution in [2.75, 3.05) is 6.61 Å². The fourth-order valence-corrected chi connectivity index (χ4v) is 2.42. The lowest BCUT2D eigenvalue weighted by atomic mass is 9.96. The molecule has 2 nitrogen and oxygen atoms in total. The van der Waals surface area contributed by atoms with Crippen LogP contribution in [0.4, 0.5) is 0 Å². The highest BCUT2D eigenvalue weighted by atomic mass is 16.5. The van der Waals surface area contributed by atoms with Crippen molar-refractivity contribution in [2.45, 2.75) is 38.5 Å². The predicted octanol–water partition coefficient (Wildman–Crippen LogP) is 5.28. The fraction of sp³-hybridized carbons (Fsp3) is 0.350. The zero-order valence-corrected chi connectivity index (χ0v) is 13.3. The monoisotopic (exact) mass is 293 g/mol. The van der Waals surface area contributed by atoms with Crippen molar-refractivity contribution in [1.82, 2.24) is 0 Å². The molecule has 2 aromatic rings. The summed E-state index contributed by atoms with van der Waals surface area (Å²) in [5.74, 6) is 1.39. The van der Waals surface area contributed by atoms with E-state index in [1.54, 1.807) is 0 Å². The van der Waals surface area contributed by atoms with Crippen molar-refractivity contribution in [3.63, 3.8) is 0 Å². The third-order valence-corrected chi connectivity index (χ3v) is 3.81. The predicted molar refractivity (Wildman–Crippen MR) is 90.1 cm³/mol. The van der Waals surface area contributed by atoms with Gasteiger partial charge in [0.05, 0.1) is 18.6 Å². The smallest absolute Gasteiger partial charge is 0.119 e. The van der Waals surface area contributed by atoms with Crippen molar-refractivity contribution >= 4 is 0 Å². The van der Waals surface area contributed by atoms with E-state index in [9.17, 15) is 5.26 Å². The molecular formula is C20H23NO. The highest BCUT2D eigenvalue weighted by molar-refractivity contribution is 5.29. The number of hydrogen-bond donors (Lipinski definition) is 0. The maximum absolute atomic E-state index is 9.29. The van der Waals surface area contributed by atoms with Gasteiger partial charge in [-0.05, 0) is 42.0 Å². The number of nitrogens with zero attached hydrogens (tertiary/aromatic N) is 1. The molecule has 0 spiro atoms. The van der Waals surface area contributed by atoms with Crippen molar-refractivity contribution in [2.24, 2.45) is 0 Å². The van der Waals surface area contributed by atoms with Gasteiger partial charge in [0, 0.05) is 0 Å². The van der Waals surface area contributed by atoms with Crippen LogP contribution in [0.25, 0.3) is 0 Å². The summed E-state index contributed by atoms with van der Waals surface area (Å²) in [6, 6.07) is 20.6. The molecule has 0 aliphatic carbocycles. The molecule has 0 heterocycles. The average Bonchev–Trinajstić information content (AvgIpc) is 2.56. The first kappa shape index (κ1) is 16.1. The van der Waals surface area contributed by atoms with Gasteiger partial charge in [0.15, 0.2) is 0 Å². The minimum Gasteiger partial charge on any atom is -0.494 e. The Balaban J connectivity index is 1.78. The standard InChI is InChI=1S/C20H23NO/c1-16(2)17-10-12-20(13-11-17)22-14-6-9-19(15-21)18-7-4-3-5-8-18/h3-5,7-8,10-13,16,19H,6,9,14H2,1-2H3. The van der Waals surface area contributed by atoms with Crippen LogP contribution < -0.4 is 4.74 Å². The summed E-state index contributed by atoms with van der Waals surface area (Å²) in [6.07, 6.45) is 1.70. The lowest BCUT2D eigenvalue weighted by molar-refractivity contribution is 0.305. The number of rotatable bonds is 7. The van der Waals surface area contributed by atoms with Crippen LogP contribution in [0.3, 0.4) is 0 Å². The number of benzene rings is 2. The van der Waals surface area contributed by atoms with Crippen LogP contribution in [-0.4, -0.2) is 6.61 Å². The number of hydrogen-bond acceptors (Lipinski definition) is 2. The molecular weight excluding hydrogens is 270 g/mol. The van der Waals surface area contributed by atoms with Crippen LogP contribution in [0.1, 0.15) is 49.7 Å². The highest BCUT2D eigenvalue weighted by Crippen LogP contribution is 2.21. The van der Waals surface area contributed by atoms with Crippen LogP contribution in [0.2, 0.25) is 0 Å². The molecule has 0 fully saturated rings. The Hall–Kier alpha value is -2.27. The minimum absolute atomic E-state index is 0.0480. The topological polar surface area (TPSA) is 33.0 Å². The Labute approximate surface area is 133 Å². The van der Waals surface area contributed by atoms with Crippen LogP contribution >= 0.6 is 0 Å². The average molecular weight is 293 g/mol. The zero-order valence-electron chi connectivity index (χ0n) is 13.3. The van der Waals surface area contributed by atoms with Gasteiger partial charge in [-0.2, -0.15) is 5.26 Å². The van der Waals surface area contributed by atoms with Gasteiger partial charge in [-0.15, -0.1) is 0 Å². The number of nitriles is 1. The molecule has 1 unspecified atom stereocenters. The molecule has 2 aromatic carbocycles. The van der Waals surface area contributed by atoms with Gasteiger partial charge < -0.3 is 4.74 Å². The Morgan fingerprint density at radius 3 is 2.23 bits per heavy atom. The van der Waals surface area contributed by atoms with Crippen molar-refractivity contribution < 1.29 is 4.74 Å². The Morgan fingerprint density at radius 1 is 0.955 bits per heavy atom. The quantitative estimate of drug-likeness (QED) is 0.651. The molecule has 0 saturated heterocycles. The molecule has 114 valence electrons. The van der Waals surface area contributed by atoms with Gasteiger partial charge in [-0.3, -0.25) is 0 Å². The van der Waals surface area contributed by atoms with Gasteiger partial charge >= 0.3 is 0 Å². The maximum atomic E-state index is 9.29. The van der Waals surface area contributed by atoms with E-state index in [2.05, 4.69) is 32.0 Å². The Kier molecular flexibility index (Phi) is 6.03. The second-order valence-corrected chi connectivity index (χ2v) is 5.81. The van der Waals surface area contributed by atoms with E-state index in [1.807, 2.05) is 42.5 Å². The molecule has 22 heavy (non-hydrogen) atoms. The van der Waals surface area contributed by atoms with Crippen LogP contribution in [0.5, 0.6) is 5.75 Å². The molecule has 0 bridgehead atoms. The molecule has 0 aliphatic heterocycles. The van der Waals surface area contributed by atoms with E-state index >= 15 is 0 Å². The summed E-state index contributed by atoms with van der Waals surface area (Å²) in [7, 11) is 0. The molecule has 2 heteroatoms. The Bertz CT molecular complexity index is 596. The summed E-state index contributed by atoms with van der Waals surface area (Å²) < 4.78 is 5.76. The van der Waals surface area contributed by atoms with Gasteiger partial charge in [-0.25, -0.2) is 0 Å². The lowest BCUT2D eigenvalue weighted by Gasteiger charge is -2.11. The second kappa shape index (κ2) is 8.24. The van der Waals surface area contributed by atoms with E-state index in [1.165, 1.54) is 5.56 Å². The molecule has 0 radical (unpaired) electrons. The van der Waals surface area contributed by atoms with E-state index in [-0.39, 0.29) is 5.92 Å². The van der Waals surface area contributed by atoms with Gasteiger partial charge in [0.1, 0.15) is 5.75 Å². The van der Waals surface area contributed by atoms with Crippen molar-refractivity contribution in [3.8, 4) is 11.8 Å². The van der Waals surface area contributed by atoms with E-state index in [0.717, 1.165) is 24.2 Å². The molecule has 0 saturated carbocycles. The van der Waals surface area contributed by atoms with E-state index < -0.39 is 0 Å². The molecule has 0 amide bonds. The first-order valence-corrected chi connectivity index (χ1v) is 7.88. The summed E-state index contributed by atoms with van der Waals surface area (Å²) in [6.45, 7) is 5.01. The number of ether oxygens (including phenoxy) is 1. The maximum Gasteiger partial charge on any atom is 0.119 e. The van der Waals surface area contributed by atoms with Crippen LogP contribution in [0, 0.1) is 11.3 Å². The molecule has 1 atom stereocenters. The second-order valence-electron chi connectivity index (χ2n) is 5.81. The highest BCUT2D eigenvalue weighted by Gasteiger charge is 2.09.